The number of para-hydroxylation sites is 2. The molecule has 1 rings (SSSR count). The van der Waals surface area contributed by atoms with E-state index < -0.39 is 5.97 Å². The molecule has 0 radical (unpaired) electrons. The fourth-order valence-corrected chi connectivity index (χ4v) is 1.44. The molecule has 0 aromatic heterocycles. The van der Waals surface area contributed by atoms with E-state index in [9.17, 15) is 9.59 Å². The van der Waals surface area contributed by atoms with Crippen molar-refractivity contribution in [2.75, 3.05) is 25.0 Å². The maximum Gasteiger partial charge on any atom is 0.304 e. The molecule has 1 aromatic rings. The average Bonchev–Trinajstić information content (AvgIpc) is 2.37. The van der Waals surface area contributed by atoms with E-state index in [0.717, 1.165) is 0 Å². The summed E-state index contributed by atoms with van der Waals surface area (Å²) in [6.07, 6.45) is -0.0111. The molecular weight excluding hydrogens is 248 g/mol. The highest BCUT2D eigenvalue weighted by molar-refractivity contribution is 5.93. The SMILES string of the molecule is CCOc1ccccc1NC(=O)CNCCC(=O)O. The summed E-state index contributed by atoms with van der Waals surface area (Å²) in [5, 5.41) is 13.9. The number of amides is 1. The Bertz CT molecular complexity index is 434. The van der Waals surface area contributed by atoms with Crippen molar-refractivity contribution in [2.24, 2.45) is 0 Å². The van der Waals surface area contributed by atoms with Gasteiger partial charge in [0.2, 0.25) is 5.91 Å². The van der Waals surface area contributed by atoms with Gasteiger partial charge < -0.3 is 20.5 Å². The highest BCUT2D eigenvalue weighted by atomic mass is 16.5. The van der Waals surface area contributed by atoms with E-state index in [4.69, 9.17) is 9.84 Å². The summed E-state index contributed by atoms with van der Waals surface area (Å²) in [5.74, 6) is -0.518. The van der Waals surface area contributed by atoms with Gasteiger partial charge in [-0.05, 0) is 19.1 Å². The second-order valence-electron chi connectivity index (χ2n) is 3.80. The number of benzene rings is 1. The van der Waals surface area contributed by atoms with Crippen molar-refractivity contribution in [3.05, 3.63) is 24.3 Å². The maximum atomic E-state index is 11.6. The number of ether oxygens (including phenoxy) is 1. The summed E-state index contributed by atoms with van der Waals surface area (Å²) in [7, 11) is 0. The Morgan fingerprint density at radius 1 is 1.32 bits per heavy atom. The van der Waals surface area contributed by atoms with E-state index in [-0.39, 0.29) is 25.4 Å². The number of carbonyl (C=O) groups is 2. The van der Waals surface area contributed by atoms with Crippen LogP contribution in [0.3, 0.4) is 0 Å². The van der Waals surface area contributed by atoms with Gasteiger partial charge >= 0.3 is 5.97 Å². The molecule has 0 spiro atoms. The summed E-state index contributed by atoms with van der Waals surface area (Å²) < 4.78 is 5.38. The number of rotatable bonds is 8. The van der Waals surface area contributed by atoms with Crippen molar-refractivity contribution >= 4 is 17.6 Å². The van der Waals surface area contributed by atoms with Gasteiger partial charge in [0.25, 0.3) is 0 Å². The molecule has 1 aromatic carbocycles. The van der Waals surface area contributed by atoms with Crippen LogP contribution in [0.2, 0.25) is 0 Å². The van der Waals surface area contributed by atoms with Crippen molar-refractivity contribution in [2.45, 2.75) is 13.3 Å². The van der Waals surface area contributed by atoms with E-state index in [1.54, 1.807) is 18.2 Å². The standard InChI is InChI=1S/C13H18N2O4/c1-2-19-11-6-4-3-5-10(11)15-12(16)9-14-8-7-13(17)18/h3-6,14H,2,7-9H2,1H3,(H,15,16)(H,17,18). The fourth-order valence-electron chi connectivity index (χ4n) is 1.44. The quantitative estimate of drug-likeness (QED) is 0.613. The van der Waals surface area contributed by atoms with Crippen molar-refractivity contribution < 1.29 is 19.4 Å². The van der Waals surface area contributed by atoms with Crippen LogP contribution in [-0.2, 0) is 9.59 Å². The van der Waals surface area contributed by atoms with Crippen molar-refractivity contribution in [1.82, 2.24) is 5.32 Å². The fraction of sp³-hybridized carbons (Fsp3) is 0.385. The highest BCUT2D eigenvalue weighted by Gasteiger charge is 2.07. The Morgan fingerprint density at radius 2 is 2.05 bits per heavy atom. The minimum atomic E-state index is -0.894. The first-order chi connectivity index (χ1) is 9.13. The predicted octanol–water partition coefficient (Wildman–Crippen LogP) is 1.09. The third kappa shape index (κ3) is 5.87. The molecule has 6 heteroatoms. The number of hydrogen-bond donors (Lipinski definition) is 3. The third-order valence-corrected chi connectivity index (χ3v) is 2.26. The molecule has 1 amide bonds. The highest BCUT2D eigenvalue weighted by Crippen LogP contribution is 2.23. The van der Waals surface area contributed by atoms with Crippen LogP contribution in [0.25, 0.3) is 0 Å². The molecule has 0 saturated heterocycles. The molecule has 0 aliphatic carbocycles. The second-order valence-corrected chi connectivity index (χ2v) is 3.80. The predicted molar refractivity (Wildman–Crippen MR) is 71.4 cm³/mol. The molecule has 0 aliphatic heterocycles. The Kier molecular flexibility index (Phi) is 6.38. The molecule has 0 saturated carbocycles. The minimum Gasteiger partial charge on any atom is -0.492 e. The topological polar surface area (TPSA) is 87.7 Å². The zero-order valence-electron chi connectivity index (χ0n) is 10.8. The molecule has 0 aliphatic rings. The smallest absolute Gasteiger partial charge is 0.304 e. The molecule has 0 atom stereocenters. The van der Waals surface area contributed by atoms with Gasteiger partial charge in [-0.15, -0.1) is 0 Å². The van der Waals surface area contributed by atoms with Crippen LogP contribution in [0.1, 0.15) is 13.3 Å². The van der Waals surface area contributed by atoms with Crippen LogP contribution in [-0.4, -0.2) is 36.7 Å². The lowest BCUT2D eigenvalue weighted by molar-refractivity contribution is -0.137. The Labute approximate surface area is 111 Å². The number of nitrogens with one attached hydrogen (secondary N) is 2. The molecule has 0 heterocycles. The molecular formula is C13H18N2O4. The summed E-state index contributed by atoms with van der Waals surface area (Å²) >= 11 is 0. The number of carboxylic acid groups (broad SMARTS) is 1. The number of carbonyl (C=O) groups excluding carboxylic acids is 1. The number of aliphatic carboxylic acids is 1. The third-order valence-electron chi connectivity index (χ3n) is 2.26. The number of carboxylic acids is 1. The molecule has 3 N–H and O–H groups in total. The van der Waals surface area contributed by atoms with E-state index in [1.165, 1.54) is 0 Å². The lowest BCUT2D eigenvalue weighted by Crippen LogP contribution is -2.29. The summed E-state index contributed by atoms with van der Waals surface area (Å²) in [4.78, 5) is 21.9. The first-order valence-corrected chi connectivity index (χ1v) is 6.07. The zero-order valence-corrected chi connectivity index (χ0v) is 10.8. The van der Waals surface area contributed by atoms with E-state index in [0.29, 0.717) is 18.0 Å². The molecule has 0 unspecified atom stereocenters. The van der Waals surface area contributed by atoms with Gasteiger partial charge in [0, 0.05) is 6.54 Å². The van der Waals surface area contributed by atoms with E-state index in [2.05, 4.69) is 10.6 Å². The first-order valence-electron chi connectivity index (χ1n) is 6.07. The van der Waals surface area contributed by atoms with E-state index in [1.807, 2.05) is 13.0 Å². The Balaban J connectivity index is 2.41. The number of hydrogen-bond acceptors (Lipinski definition) is 4. The zero-order chi connectivity index (χ0) is 14.1. The van der Waals surface area contributed by atoms with Gasteiger partial charge in [0.15, 0.2) is 0 Å². The summed E-state index contributed by atoms with van der Waals surface area (Å²) in [6.45, 7) is 2.71. The first kappa shape index (κ1) is 15.0. The van der Waals surface area contributed by atoms with Crippen LogP contribution in [0, 0.1) is 0 Å². The molecule has 6 nitrogen and oxygen atoms in total. The van der Waals surface area contributed by atoms with Crippen LogP contribution in [0.4, 0.5) is 5.69 Å². The van der Waals surface area contributed by atoms with Gasteiger partial charge in [0.05, 0.1) is 25.3 Å². The van der Waals surface area contributed by atoms with Crippen LogP contribution < -0.4 is 15.4 Å². The number of anilines is 1. The van der Waals surface area contributed by atoms with Crippen molar-refractivity contribution in [1.29, 1.82) is 0 Å². The van der Waals surface area contributed by atoms with Crippen molar-refractivity contribution in [3.63, 3.8) is 0 Å². The van der Waals surface area contributed by atoms with Gasteiger partial charge in [0.1, 0.15) is 5.75 Å². The molecule has 19 heavy (non-hydrogen) atoms. The van der Waals surface area contributed by atoms with Crippen LogP contribution in [0.15, 0.2) is 24.3 Å². The summed E-state index contributed by atoms with van der Waals surface area (Å²) in [6, 6.07) is 7.15. The van der Waals surface area contributed by atoms with E-state index >= 15 is 0 Å². The Morgan fingerprint density at radius 3 is 2.74 bits per heavy atom. The Hall–Kier alpha value is -2.08. The van der Waals surface area contributed by atoms with Crippen molar-refractivity contribution in [3.8, 4) is 5.75 Å². The molecule has 0 bridgehead atoms. The largest absolute Gasteiger partial charge is 0.492 e. The van der Waals surface area contributed by atoms with Crippen LogP contribution in [0.5, 0.6) is 5.75 Å². The molecule has 0 fully saturated rings. The molecule has 104 valence electrons. The normalized spacial score (nSPS) is 9.95. The lowest BCUT2D eigenvalue weighted by atomic mass is 10.3. The van der Waals surface area contributed by atoms with Gasteiger partial charge in [-0.2, -0.15) is 0 Å². The van der Waals surface area contributed by atoms with Gasteiger partial charge in [-0.3, -0.25) is 9.59 Å². The van der Waals surface area contributed by atoms with Gasteiger partial charge in [-0.25, -0.2) is 0 Å². The maximum absolute atomic E-state index is 11.6. The lowest BCUT2D eigenvalue weighted by Gasteiger charge is -2.11. The second kappa shape index (κ2) is 8.10. The van der Waals surface area contributed by atoms with Gasteiger partial charge in [-0.1, -0.05) is 12.1 Å². The monoisotopic (exact) mass is 266 g/mol. The average molecular weight is 266 g/mol. The summed E-state index contributed by atoms with van der Waals surface area (Å²) in [5.41, 5.74) is 0.606. The van der Waals surface area contributed by atoms with Crippen LogP contribution >= 0.6 is 0 Å². The minimum absolute atomic E-state index is 0.0111.